The van der Waals surface area contributed by atoms with E-state index in [0.29, 0.717) is 10.2 Å². The molecule has 2 heterocycles. The van der Waals surface area contributed by atoms with Crippen LogP contribution in [-0.4, -0.2) is 9.55 Å². The van der Waals surface area contributed by atoms with Crippen molar-refractivity contribution in [2.24, 2.45) is 0 Å². The first kappa shape index (κ1) is 10.8. The molecule has 90 valence electrons. The number of hydrogen-bond donors (Lipinski definition) is 1. The van der Waals surface area contributed by atoms with E-state index in [-0.39, 0.29) is 16.8 Å². The zero-order valence-corrected chi connectivity index (χ0v) is 10.7. The molecule has 1 aliphatic carbocycles. The van der Waals surface area contributed by atoms with E-state index in [0.717, 1.165) is 24.8 Å². The summed E-state index contributed by atoms with van der Waals surface area (Å²) in [5.41, 5.74) is 0.256. The topological polar surface area (TPSA) is 54.9 Å². The highest BCUT2D eigenvalue weighted by Crippen LogP contribution is 2.36. The van der Waals surface area contributed by atoms with Crippen molar-refractivity contribution in [2.75, 3.05) is 0 Å². The standard InChI is InChI=1S/C12H14N2O2S/c1-7-6-17-9-8(7)10(15)14(11(16)13-9)12(2)4-3-5-12/h6H,3-5H2,1-2H3,(H,13,16). The van der Waals surface area contributed by atoms with Crippen LogP contribution in [0.15, 0.2) is 15.0 Å². The lowest BCUT2D eigenvalue weighted by molar-refractivity contribution is 0.157. The van der Waals surface area contributed by atoms with Gasteiger partial charge >= 0.3 is 5.69 Å². The Labute approximate surface area is 102 Å². The molecular formula is C12H14N2O2S. The number of thiophene rings is 1. The average Bonchev–Trinajstić information content (AvgIpc) is 2.57. The smallest absolute Gasteiger partial charge is 0.298 e. The molecule has 0 atom stereocenters. The zero-order chi connectivity index (χ0) is 12.2. The Balaban J connectivity index is 2.42. The van der Waals surface area contributed by atoms with Gasteiger partial charge in [-0.3, -0.25) is 14.3 Å². The second-order valence-electron chi connectivity index (χ2n) is 5.04. The number of hydrogen-bond acceptors (Lipinski definition) is 3. The molecule has 17 heavy (non-hydrogen) atoms. The molecule has 0 saturated heterocycles. The molecule has 1 saturated carbocycles. The molecular weight excluding hydrogens is 236 g/mol. The average molecular weight is 250 g/mol. The predicted octanol–water partition coefficient (Wildman–Crippen LogP) is 1.96. The summed E-state index contributed by atoms with van der Waals surface area (Å²) < 4.78 is 1.42. The number of aromatic amines is 1. The van der Waals surface area contributed by atoms with E-state index in [2.05, 4.69) is 4.98 Å². The summed E-state index contributed by atoms with van der Waals surface area (Å²) in [7, 11) is 0. The molecule has 0 bridgehead atoms. The molecule has 2 aromatic heterocycles. The predicted molar refractivity (Wildman–Crippen MR) is 68.9 cm³/mol. The number of rotatable bonds is 1. The maximum atomic E-state index is 12.4. The third-order valence-electron chi connectivity index (χ3n) is 3.79. The molecule has 5 heteroatoms. The quantitative estimate of drug-likeness (QED) is 0.841. The van der Waals surface area contributed by atoms with Crippen LogP contribution in [-0.2, 0) is 5.54 Å². The van der Waals surface area contributed by atoms with E-state index in [4.69, 9.17) is 0 Å². The van der Waals surface area contributed by atoms with Gasteiger partial charge in [-0.1, -0.05) is 0 Å². The lowest BCUT2D eigenvalue weighted by atomic mass is 9.78. The number of nitrogens with zero attached hydrogens (tertiary/aromatic N) is 1. The van der Waals surface area contributed by atoms with Crippen LogP contribution >= 0.6 is 11.3 Å². The van der Waals surface area contributed by atoms with Crippen LogP contribution in [0.1, 0.15) is 31.7 Å². The Morgan fingerprint density at radius 1 is 1.41 bits per heavy atom. The monoisotopic (exact) mass is 250 g/mol. The fourth-order valence-electron chi connectivity index (χ4n) is 2.56. The summed E-state index contributed by atoms with van der Waals surface area (Å²) in [6.07, 6.45) is 2.90. The van der Waals surface area contributed by atoms with Gasteiger partial charge in [-0.05, 0) is 44.1 Å². The van der Waals surface area contributed by atoms with Gasteiger partial charge in [0.05, 0.1) is 5.39 Å². The fraction of sp³-hybridized carbons (Fsp3) is 0.500. The molecule has 1 fully saturated rings. The van der Waals surface area contributed by atoms with E-state index < -0.39 is 0 Å². The van der Waals surface area contributed by atoms with Crippen LogP contribution in [0, 0.1) is 6.92 Å². The van der Waals surface area contributed by atoms with Gasteiger partial charge in [0.2, 0.25) is 0 Å². The first-order valence-electron chi connectivity index (χ1n) is 5.76. The van der Waals surface area contributed by atoms with Crippen LogP contribution in [0.2, 0.25) is 0 Å². The second-order valence-corrected chi connectivity index (χ2v) is 5.92. The summed E-state index contributed by atoms with van der Waals surface area (Å²) in [5.74, 6) is 0. The van der Waals surface area contributed by atoms with Crippen molar-refractivity contribution in [3.05, 3.63) is 31.8 Å². The third-order valence-corrected chi connectivity index (χ3v) is 4.80. The fourth-order valence-corrected chi connectivity index (χ4v) is 3.49. The van der Waals surface area contributed by atoms with E-state index in [1.807, 2.05) is 19.2 Å². The van der Waals surface area contributed by atoms with Crippen molar-refractivity contribution in [3.63, 3.8) is 0 Å². The number of fused-ring (bicyclic) bond motifs is 1. The minimum atomic E-state index is -0.284. The Morgan fingerprint density at radius 2 is 2.12 bits per heavy atom. The zero-order valence-electron chi connectivity index (χ0n) is 9.87. The van der Waals surface area contributed by atoms with E-state index in [1.165, 1.54) is 15.9 Å². The number of H-pyrrole nitrogens is 1. The Morgan fingerprint density at radius 3 is 2.71 bits per heavy atom. The minimum Gasteiger partial charge on any atom is -0.298 e. The van der Waals surface area contributed by atoms with Gasteiger partial charge in [0.1, 0.15) is 4.83 Å². The molecule has 3 rings (SSSR count). The molecule has 0 amide bonds. The molecule has 0 aromatic carbocycles. The normalized spacial score (nSPS) is 18.2. The van der Waals surface area contributed by atoms with E-state index in [1.54, 1.807) is 0 Å². The maximum absolute atomic E-state index is 12.4. The molecule has 2 aromatic rings. The Hall–Kier alpha value is -1.36. The first-order chi connectivity index (χ1) is 8.03. The van der Waals surface area contributed by atoms with E-state index in [9.17, 15) is 9.59 Å². The van der Waals surface area contributed by atoms with Gasteiger partial charge in [0.25, 0.3) is 5.56 Å². The lowest BCUT2D eigenvalue weighted by Crippen LogP contribution is -2.51. The molecule has 1 N–H and O–H groups in total. The van der Waals surface area contributed by atoms with Gasteiger partial charge in [-0.25, -0.2) is 4.79 Å². The van der Waals surface area contributed by atoms with Crippen LogP contribution in [0.5, 0.6) is 0 Å². The summed E-state index contributed by atoms with van der Waals surface area (Å²) >= 11 is 1.42. The van der Waals surface area contributed by atoms with Crippen molar-refractivity contribution < 1.29 is 0 Å². The van der Waals surface area contributed by atoms with E-state index >= 15 is 0 Å². The van der Waals surface area contributed by atoms with Crippen LogP contribution in [0.3, 0.4) is 0 Å². The van der Waals surface area contributed by atoms with Gasteiger partial charge in [0.15, 0.2) is 0 Å². The van der Waals surface area contributed by atoms with Crippen molar-refractivity contribution in [3.8, 4) is 0 Å². The number of nitrogens with one attached hydrogen (secondary N) is 1. The molecule has 0 aliphatic heterocycles. The molecule has 0 radical (unpaired) electrons. The van der Waals surface area contributed by atoms with Gasteiger partial charge < -0.3 is 0 Å². The van der Waals surface area contributed by atoms with Gasteiger partial charge in [-0.2, -0.15) is 0 Å². The molecule has 1 aliphatic rings. The number of aromatic nitrogens is 2. The van der Waals surface area contributed by atoms with Crippen molar-refractivity contribution in [1.82, 2.24) is 9.55 Å². The highest BCUT2D eigenvalue weighted by molar-refractivity contribution is 7.16. The summed E-state index contributed by atoms with van der Waals surface area (Å²) in [4.78, 5) is 27.9. The molecule has 0 spiro atoms. The summed E-state index contributed by atoms with van der Waals surface area (Å²) in [5, 5.41) is 2.58. The Kier molecular flexibility index (Phi) is 2.10. The number of aryl methyl sites for hydroxylation is 1. The highest BCUT2D eigenvalue weighted by Gasteiger charge is 2.36. The van der Waals surface area contributed by atoms with Crippen molar-refractivity contribution in [2.45, 2.75) is 38.6 Å². The summed E-state index contributed by atoms with van der Waals surface area (Å²) in [6, 6.07) is 0. The first-order valence-corrected chi connectivity index (χ1v) is 6.64. The van der Waals surface area contributed by atoms with Crippen LogP contribution in [0.25, 0.3) is 10.2 Å². The van der Waals surface area contributed by atoms with Gasteiger partial charge in [0, 0.05) is 5.54 Å². The largest absolute Gasteiger partial charge is 0.329 e. The lowest BCUT2D eigenvalue weighted by Gasteiger charge is -2.39. The van der Waals surface area contributed by atoms with Crippen LogP contribution < -0.4 is 11.2 Å². The molecule has 0 unspecified atom stereocenters. The summed E-state index contributed by atoms with van der Waals surface area (Å²) in [6.45, 7) is 3.90. The molecule has 4 nitrogen and oxygen atoms in total. The van der Waals surface area contributed by atoms with Gasteiger partial charge in [-0.15, -0.1) is 11.3 Å². The van der Waals surface area contributed by atoms with Crippen LogP contribution in [0.4, 0.5) is 0 Å². The Bertz CT molecular complexity index is 703. The van der Waals surface area contributed by atoms with Crippen molar-refractivity contribution in [1.29, 1.82) is 0 Å². The maximum Gasteiger partial charge on any atom is 0.329 e. The minimum absolute atomic E-state index is 0.135. The van der Waals surface area contributed by atoms with Crippen molar-refractivity contribution >= 4 is 21.6 Å². The third kappa shape index (κ3) is 1.35. The second kappa shape index (κ2) is 3.32. The highest BCUT2D eigenvalue weighted by atomic mass is 32.1. The SMILES string of the molecule is Cc1csc2[nH]c(=O)n(C3(C)CCC3)c(=O)c12.